The van der Waals surface area contributed by atoms with Crippen LogP contribution in [0.4, 0.5) is 23.2 Å². The Hall–Kier alpha value is -3.38. The van der Waals surface area contributed by atoms with Gasteiger partial charge in [0.25, 0.3) is 0 Å². The normalized spacial score (nSPS) is 11.7. The van der Waals surface area contributed by atoms with Gasteiger partial charge in [-0.25, -0.2) is 15.2 Å². The molecule has 12 heteroatoms. The van der Waals surface area contributed by atoms with Crippen LogP contribution in [0.15, 0.2) is 64.8 Å². The largest absolute Gasteiger partial charge is 0.477 e. The number of aromatic nitrogens is 1. The number of ether oxygens (including phenoxy) is 1. The van der Waals surface area contributed by atoms with Gasteiger partial charge in [0, 0.05) is 23.6 Å². The van der Waals surface area contributed by atoms with E-state index in [-0.39, 0.29) is 29.4 Å². The van der Waals surface area contributed by atoms with Gasteiger partial charge in [-0.1, -0.05) is 18.3 Å². The molecule has 0 unspecified atom stereocenters. The molecule has 1 heterocycles. The monoisotopic (exact) mass is 512 g/mol. The van der Waals surface area contributed by atoms with Crippen molar-refractivity contribution in [3.05, 3.63) is 66.4 Å². The van der Waals surface area contributed by atoms with Crippen LogP contribution in [0.2, 0.25) is 0 Å². The highest BCUT2D eigenvalue weighted by Gasteiger charge is 2.39. The molecular formula is C23H24F4N4O3S. The number of nitrogens with two attached hydrogens (primary N) is 1. The van der Waals surface area contributed by atoms with Gasteiger partial charge < -0.3 is 14.8 Å². The molecule has 2 aromatic rings. The maximum Gasteiger partial charge on any atom is 0.433 e. The minimum atomic E-state index is -5.05. The number of allylic oxidation sites excluding steroid dienone is 1. The Kier molecular flexibility index (Phi) is 9.84. The van der Waals surface area contributed by atoms with Gasteiger partial charge in [0.05, 0.1) is 17.2 Å². The highest BCUT2D eigenvalue weighted by molar-refractivity contribution is 7.99. The number of anilines is 1. The van der Waals surface area contributed by atoms with E-state index in [1.807, 2.05) is 5.32 Å². The summed E-state index contributed by atoms with van der Waals surface area (Å²) < 4.78 is 61.1. The quantitative estimate of drug-likeness (QED) is 0.147. The average Bonchev–Trinajstić information content (AvgIpc) is 2.76. The van der Waals surface area contributed by atoms with Gasteiger partial charge >= 0.3 is 6.18 Å². The maximum absolute atomic E-state index is 14.7. The summed E-state index contributed by atoms with van der Waals surface area (Å²) in [5, 5.41) is 2.06. The number of benzene rings is 1. The lowest BCUT2D eigenvalue weighted by molar-refractivity contribution is -0.117. The molecule has 1 amide bonds. The van der Waals surface area contributed by atoms with Gasteiger partial charge in [-0.2, -0.15) is 13.2 Å². The van der Waals surface area contributed by atoms with Crippen molar-refractivity contribution in [2.45, 2.75) is 42.7 Å². The minimum absolute atomic E-state index is 0.0271. The van der Waals surface area contributed by atoms with E-state index >= 15 is 0 Å². The number of hydrogen-bond donors (Lipinski definition) is 2. The molecule has 7 nitrogen and oxygen atoms in total. The fourth-order valence-corrected chi connectivity index (χ4v) is 3.76. The third-order valence-corrected chi connectivity index (χ3v) is 5.62. The van der Waals surface area contributed by atoms with Crippen LogP contribution in [0.3, 0.4) is 0 Å². The molecular weight excluding hydrogens is 488 g/mol. The number of amides is 1. The lowest BCUT2D eigenvalue weighted by Gasteiger charge is -2.25. The number of pyridine rings is 1. The first-order valence-corrected chi connectivity index (χ1v) is 11.1. The standard InChI is InChI=1S/C23H24F4N4O3S/c1-4-29-21(33)13-20(23(25,26)27)31(28)17-12-19(14(2)11-16(17)24)35-18-8-5-9-30-22(18)34-10-6-7-15(3)32/h4-5,8-9,11-13H,1,6-7,10,28H2,2-3H3,(H,29,33)/b20-13-. The van der Waals surface area contributed by atoms with Crippen LogP contribution in [0, 0.1) is 12.7 Å². The van der Waals surface area contributed by atoms with E-state index in [0.717, 1.165) is 30.1 Å². The summed E-state index contributed by atoms with van der Waals surface area (Å²) in [4.78, 5) is 27.9. The second kappa shape index (κ2) is 12.4. The van der Waals surface area contributed by atoms with Crippen LogP contribution in [0.25, 0.3) is 0 Å². The van der Waals surface area contributed by atoms with Crippen LogP contribution < -0.4 is 20.9 Å². The predicted octanol–water partition coefficient (Wildman–Crippen LogP) is 4.81. The van der Waals surface area contributed by atoms with Crippen molar-refractivity contribution in [1.29, 1.82) is 0 Å². The Labute approximate surface area is 204 Å². The van der Waals surface area contributed by atoms with E-state index in [2.05, 4.69) is 11.6 Å². The third kappa shape index (κ3) is 8.11. The van der Waals surface area contributed by atoms with Crippen molar-refractivity contribution >= 4 is 29.1 Å². The molecule has 0 saturated carbocycles. The van der Waals surface area contributed by atoms with Gasteiger partial charge in [0.2, 0.25) is 11.8 Å². The van der Waals surface area contributed by atoms with Crippen molar-refractivity contribution in [3.8, 4) is 5.88 Å². The SMILES string of the molecule is C=CNC(=O)/C=C(\N(N)c1cc(Sc2cccnc2OCCCC(C)=O)c(C)cc1F)C(F)(F)F. The second-order valence-electron chi connectivity index (χ2n) is 7.24. The zero-order valence-electron chi connectivity index (χ0n) is 19.0. The maximum atomic E-state index is 14.7. The molecule has 0 saturated heterocycles. The number of hydrogen-bond acceptors (Lipinski definition) is 7. The Morgan fingerprint density at radius 1 is 1.31 bits per heavy atom. The van der Waals surface area contributed by atoms with Crippen molar-refractivity contribution in [2.24, 2.45) is 5.84 Å². The molecule has 0 spiro atoms. The van der Waals surface area contributed by atoms with E-state index in [4.69, 9.17) is 10.6 Å². The lowest BCUT2D eigenvalue weighted by Crippen LogP contribution is -2.39. The summed E-state index contributed by atoms with van der Waals surface area (Å²) in [5.74, 6) is 3.78. The van der Waals surface area contributed by atoms with Gasteiger partial charge in [0.1, 0.15) is 17.3 Å². The Bertz CT molecular complexity index is 1120. The van der Waals surface area contributed by atoms with Crippen LogP contribution >= 0.6 is 11.8 Å². The van der Waals surface area contributed by atoms with E-state index in [1.165, 1.54) is 13.1 Å². The number of hydrazine groups is 1. The van der Waals surface area contributed by atoms with Crippen molar-refractivity contribution in [2.75, 3.05) is 11.6 Å². The number of alkyl halides is 3. The number of nitrogens with one attached hydrogen (secondary N) is 1. The molecule has 1 aromatic heterocycles. The molecule has 3 N–H and O–H groups in total. The topological polar surface area (TPSA) is 97.6 Å². The molecule has 0 bridgehead atoms. The molecule has 35 heavy (non-hydrogen) atoms. The first kappa shape index (κ1) is 27.9. The average molecular weight is 513 g/mol. The van der Waals surface area contributed by atoms with Crippen LogP contribution in [-0.2, 0) is 9.59 Å². The summed E-state index contributed by atoms with van der Waals surface area (Å²) >= 11 is 1.09. The van der Waals surface area contributed by atoms with E-state index in [9.17, 15) is 27.2 Å². The van der Waals surface area contributed by atoms with Crippen molar-refractivity contribution < 1.29 is 31.9 Å². The number of rotatable bonds is 11. The van der Waals surface area contributed by atoms with E-state index < -0.39 is 29.3 Å². The highest BCUT2D eigenvalue weighted by atomic mass is 32.2. The first-order chi connectivity index (χ1) is 16.4. The predicted molar refractivity (Wildman–Crippen MR) is 124 cm³/mol. The minimum Gasteiger partial charge on any atom is -0.477 e. The summed E-state index contributed by atoms with van der Waals surface area (Å²) in [5.41, 5.74) is -1.75. The molecule has 188 valence electrons. The summed E-state index contributed by atoms with van der Waals surface area (Å²) in [7, 11) is 0. The fourth-order valence-electron chi connectivity index (χ4n) is 2.79. The van der Waals surface area contributed by atoms with Crippen LogP contribution in [0.1, 0.15) is 25.3 Å². The number of carbonyl (C=O) groups excluding carboxylic acids is 2. The summed E-state index contributed by atoms with van der Waals surface area (Å²) in [6, 6.07) is 5.51. The molecule has 0 aliphatic heterocycles. The van der Waals surface area contributed by atoms with E-state index in [1.54, 1.807) is 19.1 Å². The fraction of sp³-hybridized carbons (Fsp3) is 0.261. The molecule has 0 atom stereocenters. The molecule has 2 rings (SSSR count). The second-order valence-corrected chi connectivity index (χ2v) is 8.33. The highest BCUT2D eigenvalue weighted by Crippen LogP contribution is 2.39. The molecule has 0 aliphatic carbocycles. The van der Waals surface area contributed by atoms with Crippen LogP contribution in [0.5, 0.6) is 5.88 Å². The number of ketones is 1. The van der Waals surface area contributed by atoms with Crippen molar-refractivity contribution in [1.82, 2.24) is 10.3 Å². The zero-order chi connectivity index (χ0) is 26.2. The number of Topliss-reactive ketones (excluding diaryl/α,β-unsaturated/α-hetero) is 1. The van der Waals surface area contributed by atoms with Crippen molar-refractivity contribution in [3.63, 3.8) is 0 Å². The molecule has 1 aromatic carbocycles. The number of nitrogens with zero attached hydrogens (tertiary/aromatic N) is 2. The third-order valence-electron chi connectivity index (χ3n) is 4.43. The lowest BCUT2D eigenvalue weighted by atomic mass is 10.2. The van der Waals surface area contributed by atoms with Gasteiger partial charge in [-0.05, 0) is 56.3 Å². The zero-order valence-corrected chi connectivity index (χ0v) is 19.8. The van der Waals surface area contributed by atoms with Gasteiger partial charge in [0.15, 0.2) is 0 Å². The first-order valence-electron chi connectivity index (χ1n) is 10.2. The molecule has 0 aliphatic rings. The smallest absolute Gasteiger partial charge is 0.433 e. The molecule has 0 fully saturated rings. The number of halogens is 4. The Morgan fingerprint density at radius 2 is 2.03 bits per heavy atom. The molecule has 0 radical (unpaired) electrons. The Balaban J connectivity index is 2.38. The van der Waals surface area contributed by atoms with Crippen LogP contribution in [-0.4, -0.2) is 29.5 Å². The summed E-state index contributed by atoms with van der Waals surface area (Å²) in [6.45, 7) is 6.50. The van der Waals surface area contributed by atoms with E-state index in [0.29, 0.717) is 28.2 Å². The number of aryl methyl sites for hydroxylation is 1. The van der Waals surface area contributed by atoms with Gasteiger partial charge in [-0.15, -0.1) is 0 Å². The Morgan fingerprint density at radius 3 is 2.66 bits per heavy atom. The van der Waals surface area contributed by atoms with Gasteiger partial charge in [-0.3, -0.25) is 9.80 Å². The summed E-state index contributed by atoms with van der Waals surface area (Å²) in [6.07, 6.45) is -1.60. The number of carbonyl (C=O) groups is 2.